The van der Waals surface area contributed by atoms with Crippen molar-refractivity contribution in [3.63, 3.8) is 0 Å². The van der Waals surface area contributed by atoms with Crippen LogP contribution in [0.15, 0.2) is 105 Å². The topological polar surface area (TPSA) is 86.4 Å². The van der Waals surface area contributed by atoms with Gasteiger partial charge in [-0.3, -0.25) is 0 Å². The highest BCUT2D eigenvalue weighted by molar-refractivity contribution is 5.50. The molecule has 238 valence electrons. The number of ether oxygens (including phenoxy) is 4. The van der Waals surface area contributed by atoms with Crippen LogP contribution in [-0.2, 0) is 41.1 Å². The van der Waals surface area contributed by atoms with Gasteiger partial charge >= 0.3 is 0 Å². The molecule has 4 fully saturated rings. The van der Waals surface area contributed by atoms with Gasteiger partial charge in [0.15, 0.2) is 22.2 Å². The van der Waals surface area contributed by atoms with Gasteiger partial charge in [0.25, 0.3) is 0 Å². The minimum Gasteiger partial charge on any atom is -0.348 e. The first-order valence-corrected chi connectivity index (χ1v) is 16.8. The summed E-state index contributed by atoms with van der Waals surface area (Å²) in [6.45, 7) is 0. The number of hydrogen-bond acceptors (Lipinski definition) is 8. The highest BCUT2D eigenvalue weighted by atomic mass is 16.7. The predicted octanol–water partition coefficient (Wildman–Crippen LogP) is 7.64. The number of fused-ring (bicyclic) bond motifs is 10. The van der Waals surface area contributed by atoms with Gasteiger partial charge in [-0.1, -0.05) is 97.8 Å². The van der Waals surface area contributed by atoms with E-state index in [4.69, 9.17) is 39.4 Å². The van der Waals surface area contributed by atoms with Gasteiger partial charge in [-0.05, 0) is 47.9 Å². The molecule has 8 heteroatoms. The molecule has 8 unspecified atom stereocenters. The highest BCUT2D eigenvalue weighted by Crippen LogP contribution is 2.77. The molecule has 9 rings (SSSR count). The number of methoxy groups -OCH3 is 4. The summed E-state index contributed by atoms with van der Waals surface area (Å²) in [4.78, 5) is 0. The van der Waals surface area contributed by atoms with Crippen molar-refractivity contribution in [3.05, 3.63) is 107 Å². The zero-order valence-electron chi connectivity index (χ0n) is 27.1. The van der Waals surface area contributed by atoms with Crippen molar-refractivity contribution in [2.24, 2.45) is 44.1 Å². The minimum atomic E-state index is -1.08. The number of hydrogen-bond donors (Lipinski definition) is 0. The SMILES string of the molecule is COC1(OC)C2(c3ccccc3)N=NC1(c1ccc(C34N=NC(c5ccccc5)(C5CCCC53)C4(OC)OC)cc1)C1CCCC12. The molecule has 4 aliphatic carbocycles. The zero-order valence-corrected chi connectivity index (χ0v) is 27.1. The molecule has 0 saturated heterocycles. The normalized spacial score (nSPS) is 40.1. The second-order valence-electron chi connectivity index (χ2n) is 14.1. The van der Waals surface area contributed by atoms with E-state index in [0.717, 1.165) is 60.8 Å². The lowest BCUT2D eigenvalue weighted by Crippen LogP contribution is -2.58. The molecule has 3 aromatic rings. The molecule has 0 radical (unpaired) electrons. The standard InChI is InChI=1S/C38H42N4O4/c1-43-37(44-2)33(25-13-7-5-8-14-25)29-17-11-19-31(29)35(37,41-39-33)27-21-23-28(24-22-27)36-32-20-12-18-30(32)34(40-42-36,38(36,45-3)46-4)26-15-9-6-10-16-26/h5-10,13-16,21-24,29-32H,11-12,17-20H2,1-4H3. The third-order valence-electron chi connectivity index (χ3n) is 13.3. The highest BCUT2D eigenvalue weighted by Gasteiger charge is 2.86. The van der Waals surface area contributed by atoms with Crippen molar-refractivity contribution in [2.75, 3.05) is 28.4 Å². The van der Waals surface area contributed by atoms with Crippen LogP contribution in [0.1, 0.15) is 60.8 Å². The summed E-state index contributed by atoms with van der Waals surface area (Å²) >= 11 is 0. The quantitative estimate of drug-likeness (QED) is 0.243. The lowest BCUT2D eigenvalue weighted by atomic mass is 9.72. The van der Waals surface area contributed by atoms with Crippen LogP contribution in [0.4, 0.5) is 0 Å². The van der Waals surface area contributed by atoms with E-state index in [1.54, 1.807) is 28.4 Å². The minimum absolute atomic E-state index is 0.230. The molecule has 6 aliphatic rings. The fraction of sp³-hybridized carbons (Fsp3) is 0.526. The Hall–Kier alpha value is -3.30. The Morgan fingerprint density at radius 3 is 0.935 bits per heavy atom. The number of benzene rings is 3. The lowest BCUT2D eigenvalue weighted by Gasteiger charge is -2.45. The molecule has 0 aromatic heterocycles. The van der Waals surface area contributed by atoms with Gasteiger partial charge in [-0.2, -0.15) is 20.5 Å². The first-order valence-electron chi connectivity index (χ1n) is 16.8. The summed E-state index contributed by atoms with van der Waals surface area (Å²) in [6, 6.07) is 29.9. The molecule has 3 aromatic carbocycles. The van der Waals surface area contributed by atoms with Crippen LogP contribution >= 0.6 is 0 Å². The second-order valence-corrected chi connectivity index (χ2v) is 14.1. The van der Waals surface area contributed by atoms with Crippen molar-refractivity contribution >= 4 is 0 Å². The van der Waals surface area contributed by atoms with Crippen LogP contribution in [0.2, 0.25) is 0 Å². The van der Waals surface area contributed by atoms with E-state index in [9.17, 15) is 0 Å². The molecule has 2 aliphatic heterocycles. The van der Waals surface area contributed by atoms with Gasteiger partial charge in [0.1, 0.15) is 0 Å². The monoisotopic (exact) mass is 618 g/mol. The first kappa shape index (κ1) is 28.9. The Bertz CT molecular complexity index is 1580. The van der Waals surface area contributed by atoms with E-state index in [1.807, 2.05) is 12.1 Å². The molecule has 0 amide bonds. The molecular formula is C38H42N4O4. The maximum absolute atomic E-state index is 6.57. The van der Waals surface area contributed by atoms with Gasteiger partial charge < -0.3 is 18.9 Å². The molecule has 4 bridgehead atoms. The summed E-state index contributed by atoms with van der Waals surface area (Å²) in [6.07, 6.45) is 6.49. The summed E-state index contributed by atoms with van der Waals surface area (Å²) in [7, 11) is 7.03. The Morgan fingerprint density at radius 1 is 0.413 bits per heavy atom. The molecular weight excluding hydrogens is 576 g/mol. The average molecular weight is 619 g/mol. The fourth-order valence-corrected chi connectivity index (χ4v) is 12.0. The average Bonchev–Trinajstić information content (AvgIpc) is 3.95. The maximum Gasteiger partial charge on any atom is 0.232 e. The van der Waals surface area contributed by atoms with Crippen LogP contribution in [-0.4, -0.2) is 40.0 Å². The van der Waals surface area contributed by atoms with Crippen LogP contribution in [0, 0.1) is 23.7 Å². The third-order valence-corrected chi connectivity index (χ3v) is 13.3. The Labute approximate surface area is 270 Å². The third kappa shape index (κ3) is 2.75. The van der Waals surface area contributed by atoms with Crippen LogP contribution in [0.5, 0.6) is 0 Å². The van der Waals surface area contributed by atoms with Gasteiger partial charge in [-0.25, -0.2) is 0 Å². The summed E-state index contributed by atoms with van der Waals surface area (Å²) in [5, 5.41) is 20.8. The second kappa shape index (κ2) is 9.63. The molecule has 4 saturated carbocycles. The lowest BCUT2D eigenvalue weighted by molar-refractivity contribution is -0.264. The number of azo groups is 2. The Kier molecular flexibility index (Phi) is 6.05. The molecule has 2 heterocycles. The van der Waals surface area contributed by atoms with E-state index in [-0.39, 0.29) is 23.7 Å². The van der Waals surface area contributed by atoms with E-state index in [0.29, 0.717) is 0 Å². The maximum atomic E-state index is 6.57. The van der Waals surface area contributed by atoms with E-state index in [2.05, 4.69) is 72.8 Å². The molecule has 46 heavy (non-hydrogen) atoms. The van der Waals surface area contributed by atoms with Crippen molar-refractivity contribution in [1.29, 1.82) is 0 Å². The fourth-order valence-electron chi connectivity index (χ4n) is 12.0. The van der Waals surface area contributed by atoms with E-state index < -0.39 is 33.7 Å². The Balaban J connectivity index is 1.21. The molecule has 8 nitrogen and oxygen atoms in total. The predicted molar refractivity (Wildman–Crippen MR) is 171 cm³/mol. The number of nitrogens with zero attached hydrogens (tertiary/aromatic N) is 4. The van der Waals surface area contributed by atoms with Gasteiger partial charge in [-0.15, -0.1) is 0 Å². The van der Waals surface area contributed by atoms with Crippen molar-refractivity contribution in [3.8, 4) is 0 Å². The number of rotatable bonds is 8. The first-order chi connectivity index (χ1) is 22.5. The molecule has 0 spiro atoms. The summed E-state index contributed by atoms with van der Waals surface area (Å²) < 4.78 is 26.3. The smallest absolute Gasteiger partial charge is 0.232 e. The van der Waals surface area contributed by atoms with Crippen LogP contribution in [0.25, 0.3) is 0 Å². The van der Waals surface area contributed by atoms with Crippen LogP contribution < -0.4 is 0 Å². The Morgan fingerprint density at radius 2 is 0.674 bits per heavy atom. The summed E-state index contributed by atoms with van der Waals surface area (Å²) in [5.41, 5.74) is 1.27. The van der Waals surface area contributed by atoms with Crippen molar-refractivity contribution in [1.82, 2.24) is 0 Å². The van der Waals surface area contributed by atoms with E-state index >= 15 is 0 Å². The van der Waals surface area contributed by atoms with Crippen molar-refractivity contribution in [2.45, 2.75) is 72.3 Å². The van der Waals surface area contributed by atoms with Gasteiger partial charge in [0.2, 0.25) is 11.6 Å². The van der Waals surface area contributed by atoms with Crippen LogP contribution in [0.3, 0.4) is 0 Å². The largest absolute Gasteiger partial charge is 0.348 e. The molecule has 0 N–H and O–H groups in total. The van der Waals surface area contributed by atoms with E-state index in [1.165, 1.54) is 0 Å². The van der Waals surface area contributed by atoms with Gasteiger partial charge in [0, 0.05) is 52.1 Å². The molecule has 8 atom stereocenters. The van der Waals surface area contributed by atoms with Crippen molar-refractivity contribution < 1.29 is 18.9 Å². The summed E-state index contributed by atoms with van der Waals surface area (Å²) in [5.74, 6) is -1.20. The zero-order chi connectivity index (χ0) is 31.4. The van der Waals surface area contributed by atoms with Gasteiger partial charge in [0.05, 0.1) is 0 Å².